The van der Waals surface area contributed by atoms with Crippen molar-refractivity contribution in [1.82, 2.24) is 9.97 Å². The molecule has 2 rings (SSSR count). The SMILES string of the molecule is Nc1ncnc(-c2ccccc2F)c1Cl. The number of nitrogens with zero attached hydrogens (tertiary/aromatic N) is 2. The third-order valence-electron chi connectivity index (χ3n) is 1.95. The van der Waals surface area contributed by atoms with Gasteiger partial charge in [-0.05, 0) is 12.1 Å². The molecule has 0 spiro atoms. The maximum atomic E-state index is 13.4. The van der Waals surface area contributed by atoms with E-state index in [1.54, 1.807) is 18.2 Å². The first-order valence-corrected chi connectivity index (χ1v) is 4.59. The van der Waals surface area contributed by atoms with Crippen LogP contribution in [0.5, 0.6) is 0 Å². The van der Waals surface area contributed by atoms with Crippen LogP contribution in [0.1, 0.15) is 0 Å². The van der Waals surface area contributed by atoms with Gasteiger partial charge >= 0.3 is 0 Å². The first-order chi connectivity index (χ1) is 7.20. The van der Waals surface area contributed by atoms with Crippen molar-refractivity contribution in [2.24, 2.45) is 0 Å². The zero-order valence-corrected chi connectivity index (χ0v) is 8.37. The fraction of sp³-hybridized carbons (Fsp3) is 0. The second kappa shape index (κ2) is 3.82. The van der Waals surface area contributed by atoms with Crippen molar-refractivity contribution in [3.63, 3.8) is 0 Å². The van der Waals surface area contributed by atoms with Crippen molar-refractivity contribution in [2.45, 2.75) is 0 Å². The van der Waals surface area contributed by atoms with E-state index in [1.165, 1.54) is 12.4 Å². The summed E-state index contributed by atoms with van der Waals surface area (Å²) in [6.45, 7) is 0. The molecule has 15 heavy (non-hydrogen) atoms. The Morgan fingerprint density at radius 1 is 1.20 bits per heavy atom. The lowest BCUT2D eigenvalue weighted by Gasteiger charge is -2.05. The highest BCUT2D eigenvalue weighted by atomic mass is 35.5. The second-order valence-electron chi connectivity index (χ2n) is 2.90. The van der Waals surface area contributed by atoms with E-state index in [9.17, 15) is 4.39 Å². The number of hydrogen-bond acceptors (Lipinski definition) is 3. The average molecular weight is 224 g/mol. The lowest BCUT2D eigenvalue weighted by molar-refractivity contribution is 0.630. The molecule has 5 heteroatoms. The smallest absolute Gasteiger partial charge is 0.146 e. The van der Waals surface area contributed by atoms with E-state index in [0.29, 0.717) is 11.3 Å². The second-order valence-corrected chi connectivity index (χ2v) is 3.28. The first-order valence-electron chi connectivity index (χ1n) is 4.21. The van der Waals surface area contributed by atoms with Crippen LogP contribution in [0.2, 0.25) is 5.02 Å². The van der Waals surface area contributed by atoms with E-state index in [1.807, 2.05) is 0 Å². The van der Waals surface area contributed by atoms with E-state index in [4.69, 9.17) is 17.3 Å². The van der Waals surface area contributed by atoms with Gasteiger partial charge in [0.1, 0.15) is 23.0 Å². The molecule has 1 aromatic carbocycles. The Bertz CT molecular complexity index is 502. The average Bonchev–Trinajstić information content (AvgIpc) is 2.23. The Labute approximate surface area is 90.7 Å². The lowest BCUT2D eigenvalue weighted by atomic mass is 10.1. The maximum Gasteiger partial charge on any atom is 0.146 e. The minimum atomic E-state index is -0.391. The molecule has 2 aromatic rings. The Morgan fingerprint density at radius 2 is 1.93 bits per heavy atom. The minimum Gasteiger partial charge on any atom is -0.382 e. The number of anilines is 1. The van der Waals surface area contributed by atoms with E-state index < -0.39 is 5.82 Å². The summed E-state index contributed by atoms with van der Waals surface area (Å²) in [7, 11) is 0. The van der Waals surface area contributed by atoms with Gasteiger partial charge in [-0.15, -0.1) is 0 Å². The Hall–Kier alpha value is -1.68. The molecular weight excluding hydrogens is 217 g/mol. The standard InChI is InChI=1S/C10H7ClFN3/c11-8-9(14-5-15-10(8)13)6-3-1-2-4-7(6)12/h1-5H,(H2,13,14,15). The quantitative estimate of drug-likeness (QED) is 0.808. The molecule has 0 unspecified atom stereocenters. The summed E-state index contributed by atoms with van der Waals surface area (Å²) in [6, 6.07) is 6.22. The van der Waals surface area contributed by atoms with Crippen LogP contribution >= 0.6 is 11.6 Å². The minimum absolute atomic E-state index is 0.143. The summed E-state index contributed by atoms with van der Waals surface area (Å²) in [5.74, 6) is -0.248. The van der Waals surface area contributed by atoms with E-state index in [-0.39, 0.29) is 10.8 Å². The fourth-order valence-electron chi connectivity index (χ4n) is 1.22. The highest BCUT2D eigenvalue weighted by Gasteiger charge is 2.11. The molecule has 0 bridgehead atoms. The Morgan fingerprint density at radius 3 is 2.67 bits per heavy atom. The molecular formula is C10H7ClFN3. The molecule has 1 aromatic heterocycles. The number of halogens is 2. The number of benzene rings is 1. The van der Waals surface area contributed by atoms with Gasteiger partial charge in [0, 0.05) is 5.56 Å². The van der Waals surface area contributed by atoms with E-state index >= 15 is 0 Å². The number of hydrogen-bond donors (Lipinski definition) is 1. The predicted octanol–water partition coefficient (Wildman–Crippen LogP) is 2.52. The van der Waals surface area contributed by atoms with Gasteiger partial charge in [-0.2, -0.15) is 0 Å². The highest BCUT2D eigenvalue weighted by Crippen LogP contribution is 2.29. The van der Waals surface area contributed by atoms with Crippen molar-refractivity contribution in [2.75, 3.05) is 5.73 Å². The molecule has 0 aliphatic rings. The van der Waals surface area contributed by atoms with Gasteiger partial charge in [0.05, 0.1) is 5.69 Å². The molecule has 0 fully saturated rings. The van der Waals surface area contributed by atoms with Gasteiger partial charge in [-0.3, -0.25) is 0 Å². The summed E-state index contributed by atoms with van der Waals surface area (Å²) in [5, 5.41) is 0.169. The molecule has 0 aliphatic heterocycles. The zero-order chi connectivity index (χ0) is 10.8. The predicted molar refractivity (Wildman–Crippen MR) is 56.8 cm³/mol. The van der Waals surface area contributed by atoms with Gasteiger partial charge in [0.15, 0.2) is 0 Å². The van der Waals surface area contributed by atoms with Crippen LogP contribution < -0.4 is 5.73 Å². The number of rotatable bonds is 1. The zero-order valence-electron chi connectivity index (χ0n) is 7.61. The summed E-state index contributed by atoms with van der Waals surface area (Å²) in [4.78, 5) is 7.61. The first kappa shape index (κ1) is 9.86. The normalized spacial score (nSPS) is 10.3. The van der Waals surface area contributed by atoms with Crippen molar-refractivity contribution in [3.8, 4) is 11.3 Å². The number of nitrogen functional groups attached to an aromatic ring is 1. The molecule has 0 saturated carbocycles. The maximum absolute atomic E-state index is 13.4. The van der Waals surface area contributed by atoms with Crippen LogP contribution in [0, 0.1) is 5.82 Å². The summed E-state index contributed by atoms with van der Waals surface area (Å²) < 4.78 is 13.4. The van der Waals surface area contributed by atoms with Crippen LogP contribution in [0.15, 0.2) is 30.6 Å². The molecule has 0 amide bonds. The fourth-order valence-corrected chi connectivity index (χ4v) is 1.42. The van der Waals surface area contributed by atoms with E-state index in [2.05, 4.69) is 9.97 Å². The number of nitrogens with two attached hydrogens (primary N) is 1. The summed E-state index contributed by atoms with van der Waals surface area (Å²) in [6.07, 6.45) is 1.25. The van der Waals surface area contributed by atoms with Crippen LogP contribution in [0.4, 0.5) is 10.2 Å². The van der Waals surface area contributed by atoms with Crippen LogP contribution in [-0.2, 0) is 0 Å². The molecule has 0 saturated heterocycles. The molecule has 1 heterocycles. The lowest BCUT2D eigenvalue weighted by Crippen LogP contribution is -1.96. The molecule has 76 valence electrons. The third kappa shape index (κ3) is 1.76. The summed E-state index contributed by atoms with van der Waals surface area (Å²) in [5.41, 5.74) is 6.13. The summed E-state index contributed by atoms with van der Waals surface area (Å²) >= 11 is 5.88. The van der Waals surface area contributed by atoms with Crippen molar-refractivity contribution in [1.29, 1.82) is 0 Å². The third-order valence-corrected chi connectivity index (χ3v) is 2.32. The number of aromatic nitrogens is 2. The van der Waals surface area contributed by atoms with Gasteiger partial charge < -0.3 is 5.73 Å². The van der Waals surface area contributed by atoms with E-state index in [0.717, 1.165) is 0 Å². The van der Waals surface area contributed by atoms with Gasteiger partial charge in [0.2, 0.25) is 0 Å². The Kier molecular flexibility index (Phi) is 2.51. The largest absolute Gasteiger partial charge is 0.382 e. The molecule has 0 aliphatic carbocycles. The van der Waals surface area contributed by atoms with Crippen LogP contribution in [0.25, 0.3) is 11.3 Å². The van der Waals surface area contributed by atoms with Crippen molar-refractivity contribution >= 4 is 17.4 Å². The topological polar surface area (TPSA) is 51.8 Å². The van der Waals surface area contributed by atoms with Crippen LogP contribution in [-0.4, -0.2) is 9.97 Å². The van der Waals surface area contributed by atoms with Crippen molar-refractivity contribution < 1.29 is 4.39 Å². The molecule has 3 nitrogen and oxygen atoms in total. The van der Waals surface area contributed by atoms with Gasteiger partial charge in [0.25, 0.3) is 0 Å². The molecule has 0 atom stereocenters. The monoisotopic (exact) mass is 223 g/mol. The van der Waals surface area contributed by atoms with Gasteiger partial charge in [-0.25, -0.2) is 14.4 Å². The van der Waals surface area contributed by atoms with Gasteiger partial charge in [-0.1, -0.05) is 23.7 Å². The van der Waals surface area contributed by atoms with Crippen LogP contribution in [0.3, 0.4) is 0 Å². The Balaban J connectivity index is 2.65. The van der Waals surface area contributed by atoms with Crippen molar-refractivity contribution in [3.05, 3.63) is 41.4 Å². The molecule has 0 radical (unpaired) electrons. The highest BCUT2D eigenvalue weighted by molar-refractivity contribution is 6.35. The molecule has 2 N–H and O–H groups in total.